The summed E-state index contributed by atoms with van der Waals surface area (Å²) in [6.45, 7) is 3.48. The van der Waals surface area contributed by atoms with E-state index >= 15 is 0 Å². The fourth-order valence-electron chi connectivity index (χ4n) is 3.71. The smallest absolute Gasteiger partial charge is 0.220 e. The van der Waals surface area contributed by atoms with E-state index in [0.717, 1.165) is 42.9 Å². The van der Waals surface area contributed by atoms with Gasteiger partial charge in [0.05, 0.1) is 13.7 Å². The molecular formula is C25H30N2O2. The SMILES string of the molecule is COc1cccc(CNC(=O)CCC2CCCN(CC#Cc3ccccc3)C2)c1. The van der Waals surface area contributed by atoms with E-state index in [1.54, 1.807) is 7.11 Å². The standard InChI is InChI=1S/C25H30N2O2/c1-29-24-13-5-10-23(18-24)19-26-25(28)15-14-22-12-7-17-27(20-22)16-6-11-21-8-3-2-4-9-21/h2-5,8-10,13,18,22H,7,12,14-17,19-20H2,1H3,(H,26,28). The number of carbonyl (C=O) groups is 1. The van der Waals surface area contributed by atoms with Crippen LogP contribution in [0.1, 0.15) is 36.8 Å². The first-order valence-corrected chi connectivity index (χ1v) is 10.4. The Kier molecular flexibility index (Phi) is 8.15. The minimum absolute atomic E-state index is 0.119. The van der Waals surface area contributed by atoms with Gasteiger partial charge in [-0.1, -0.05) is 42.2 Å². The number of hydrogen-bond acceptors (Lipinski definition) is 3. The Hall–Kier alpha value is -2.77. The van der Waals surface area contributed by atoms with E-state index in [1.165, 1.54) is 12.8 Å². The van der Waals surface area contributed by atoms with Crippen molar-refractivity contribution in [1.29, 1.82) is 0 Å². The molecule has 2 aromatic carbocycles. The molecule has 1 aliphatic rings. The average molecular weight is 391 g/mol. The summed E-state index contributed by atoms with van der Waals surface area (Å²) < 4.78 is 5.22. The summed E-state index contributed by atoms with van der Waals surface area (Å²) in [5, 5.41) is 3.02. The third-order valence-corrected chi connectivity index (χ3v) is 5.32. The third-order valence-electron chi connectivity index (χ3n) is 5.32. The highest BCUT2D eigenvalue weighted by atomic mass is 16.5. The van der Waals surface area contributed by atoms with Gasteiger partial charge in [0, 0.05) is 25.1 Å². The summed E-state index contributed by atoms with van der Waals surface area (Å²) in [7, 11) is 1.65. The number of nitrogens with zero attached hydrogens (tertiary/aromatic N) is 1. The quantitative estimate of drug-likeness (QED) is 0.730. The number of amides is 1. The van der Waals surface area contributed by atoms with E-state index in [9.17, 15) is 4.79 Å². The zero-order valence-corrected chi connectivity index (χ0v) is 17.2. The molecule has 0 aliphatic carbocycles. The Morgan fingerprint density at radius 1 is 1.21 bits per heavy atom. The Bertz CT molecular complexity index is 839. The minimum atomic E-state index is 0.119. The minimum Gasteiger partial charge on any atom is -0.497 e. The van der Waals surface area contributed by atoms with E-state index in [-0.39, 0.29) is 5.91 Å². The van der Waals surface area contributed by atoms with Crippen LogP contribution in [0.4, 0.5) is 0 Å². The number of methoxy groups -OCH3 is 1. The predicted molar refractivity (Wildman–Crippen MR) is 117 cm³/mol. The summed E-state index contributed by atoms with van der Waals surface area (Å²) in [6, 6.07) is 17.9. The third kappa shape index (κ3) is 7.29. The highest BCUT2D eigenvalue weighted by Gasteiger charge is 2.19. The van der Waals surface area contributed by atoms with Crippen LogP contribution in [0, 0.1) is 17.8 Å². The monoisotopic (exact) mass is 390 g/mol. The lowest BCUT2D eigenvalue weighted by Gasteiger charge is -2.31. The number of carbonyl (C=O) groups excluding carboxylic acids is 1. The van der Waals surface area contributed by atoms with Gasteiger partial charge in [-0.3, -0.25) is 9.69 Å². The van der Waals surface area contributed by atoms with Gasteiger partial charge in [-0.15, -0.1) is 0 Å². The van der Waals surface area contributed by atoms with Crippen molar-refractivity contribution in [2.24, 2.45) is 5.92 Å². The first-order chi connectivity index (χ1) is 14.2. The van der Waals surface area contributed by atoms with Crippen LogP contribution in [0.25, 0.3) is 0 Å². The molecule has 1 aliphatic heterocycles. The molecule has 4 heteroatoms. The van der Waals surface area contributed by atoms with Crippen LogP contribution in [0.15, 0.2) is 54.6 Å². The number of rotatable bonds is 7. The topological polar surface area (TPSA) is 41.6 Å². The zero-order chi connectivity index (χ0) is 20.3. The van der Waals surface area contributed by atoms with Gasteiger partial charge in [-0.25, -0.2) is 0 Å². The second-order valence-electron chi connectivity index (χ2n) is 7.58. The number of nitrogens with one attached hydrogen (secondary N) is 1. The van der Waals surface area contributed by atoms with Crippen molar-refractivity contribution in [2.75, 3.05) is 26.7 Å². The summed E-state index contributed by atoms with van der Waals surface area (Å²) in [4.78, 5) is 14.7. The van der Waals surface area contributed by atoms with Gasteiger partial charge in [-0.2, -0.15) is 0 Å². The van der Waals surface area contributed by atoms with Crippen LogP contribution in [0.2, 0.25) is 0 Å². The molecule has 4 nitrogen and oxygen atoms in total. The molecule has 0 radical (unpaired) electrons. The summed E-state index contributed by atoms with van der Waals surface area (Å²) in [6.07, 6.45) is 3.90. The molecule has 0 aromatic heterocycles. The molecule has 1 unspecified atom stereocenters. The van der Waals surface area contributed by atoms with Crippen molar-refractivity contribution in [1.82, 2.24) is 10.2 Å². The van der Waals surface area contributed by atoms with Gasteiger partial charge in [0.15, 0.2) is 0 Å². The molecule has 0 bridgehead atoms. The first-order valence-electron chi connectivity index (χ1n) is 10.4. The van der Waals surface area contributed by atoms with Crippen LogP contribution >= 0.6 is 0 Å². The van der Waals surface area contributed by atoms with E-state index in [0.29, 0.717) is 18.9 Å². The van der Waals surface area contributed by atoms with Crippen LogP contribution in [-0.4, -0.2) is 37.6 Å². The summed E-state index contributed by atoms with van der Waals surface area (Å²) >= 11 is 0. The first kappa shape index (κ1) is 21.0. The van der Waals surface area contributed by atoms with E-state index in [4.69, 9.17) is 4.74 Å². The maximum absolute atomic E-state index is 12.2. The lowest BCUT2D eigenvalue weighted by molar-refractivity contribution is -0.121. The maximum atomic E-state index is 12.2. The maximum Gasteiger partial charge on any atom is 0.220 e. The number of benzene rings is 2. The van der Waals surface area contributed by atoms with Gasteiger partial charge >= 0.3 is 0 Å². The van der Waals surface area contributed by atoms with Crippen molar-refractivity contribution < 1.29 is 9.53 Å². The van der Waals surface area contributed by atoms with Gasteiger partial charge in [0.25, 0.3) is 0 Å². The van der Waals surface area contributed by atoms with Crippen molar-refractivity contribution in [3.8, 4) is 17.6 Å². The molecule has 1 saturated heterocycles. The van der Waals surface area contributed by atoms with Crippen molar-refractivity contribution in [2.45, 2.75) is 32.2 Å². The van der Waals surface area contributed by atoms with Crippen LogP contribution in [-0.2, 0) is 11.3 Å². The van der Waals surface area contributed by atoms with Crippen molar-refractivity contribution in [3.63, 3.8) is 0 Å². The molecule has 2 aromatic rings. The largest absolute Gasteiger partial charge is 0.497 e. The lowest BCUT2D eigenvalue weighted by Crippen LogP contribution is -2.36. The molecule has 152 valence electrons. The van der Waals surface area contributed by atoms with E-state index in [1.807, 2.05) is 54.6 Å². The molecule has 1 N–H and O–H groups in total. The van der Waals surface area contributed by atoms with Crippen LogP contribution < -0.4 is 10.1 Å². The van der Waals surface area contributed by atoms with Crippen molar-refractivity contribution in [3.05, 3.63) is 65.7 Å². The molecule has 1 atom stereocenters. The fraction of sp³-hybridized carbons (Fsp3) is 0.400. The summed E-state index contributed by atoms with van der Waals surface area (Å²) in [5.74, 6) is 8.03. The molecule has 0 spiro atoms. The van der Waals surface area contributed by atoms with E-state index in [2.05, 4.69) is 22.1 Å². The molecule has 29 heavy (non-hydrogen) atoms. The predicted octanol–water partition coefficient (Wildman–Crippen LogP) is 3.86. The Morgan fingerprint density at radius 2 is 2.07 bits per heavy atom. The van der Waals surface area contributed by atoms with Gasteiger partial charge in [-0.05, 0) is 61.6 Å². The molecule has 1 amide bonds. The highest BCUT2D eigenvalue weighted by Crippen LogP contribution is 2.20. The average Bonchev–Trinajstić information content (AvgIpc) is 2.77. The second-order valence-corrected chi connectivity index (χ2v) is 7.58. The Morgan fingerprint density at radius 3 is 2.90 bits per heavy atom. The number of hydrogen-bond donors (Lipinski definition) is 1. The Balaban J connectivity index is 1.37. The number of ether oxygens (including phenoxy) is 1. The Labute approximate surface area is 174 Å². The summed E-state index contributed by atoms with van der Waals surface area (Å²) in [5.41, 5.74) is 2.12. The zero-order valence-electron chi connectivity index (χ0n) is 17.2. The molecule has 3 rings (SSSR count). The lowest BCUT2D eigenvalue weighted by atomic mass is 9.93. The molecule has 0 saturated carbocycles. The molecule has 1 fully saturated rings. The second kappa shape index (κ2) is 11.3. The van der Waals surface area contributed by atoms with Crippen LogP contribution in [0.5, 0.6) is 5.75 Å². The van der Waals surface area contributed by atoms with Crippen LogP contribution in [0.3, 0.4) is 0 Å². The normalized spacial score (nSPS) is 16.5. The van der Waals surface area contributed by atoms with Gasteiger partial charge in [0.1, 0.15) is 5.75 Å². The number of likely N-dealkylation sites (tertiary alicyclic amines) is 1. The van der Waals surface area contributed by atoms with Gasteiger partial charge < -0.3 is 10.1 Å². The number of piperidine rings is 1. The fourth-order valence-corrected chi connectivity index (χ4v) is 3.71. The van der Waals surface area contributed by atoms with Gasteiger partial charge in [0.2, 0.25) is 5.91 Å². The van der Waals surface area contributed by atoms with Crippen molar-refractivity contribution >= 4 is 5.91 Å². The highest BCUT2D eigenvalue weighted by molar-refractivity contribution is 5.75. The molecule has 1 heterocycles. The molecular weight excluding hydrogens is 360 g/mol. The van der Waals surface area contributed by atoms with E-state index < -0.39 is 0 Å².